The molecule has 0 aliphatic rings. The van der Waals surface area contributed by atoms with Crippen LogP contribution in [0.25, 0.3) is 11.3 Å². The number of hydrogen-bond donors (Lipinski definition) is 1. The maximum absolute atomic E-state index is 12.7. The summed E-state index contributed by atoms with van der Waals surface area (Å²) in [5, 5.41) is -0.274. The molecule has 9 heteroatoms. The fourth-order valence-electron chi connectivity index (χ4n) is 2.04. The average molecular weight is 379 g/mol. The molecule has 0 amide bonds. The topological polar surface area (TPSA) is 65.2 Å². The fourth-order valence-corrected chi connectivity index (χ4v) is 2.57. The molecule has 0 aliphatic carbocycles. The van der Waals surface area contributed by atoms with Gasteiger partial charge >= 0.3 is 12.1 Å². The van der Waals surface area contributed by atoms with Crippen LogP contribution < -0.4 is 5.73 Å². The molecule has 0 saturated heterocycles. The van der Waals surface area contributed by atoms with Gasteiger partial charge in [0.25, 0.3) is 0 Å². The molecule has 0 atom stereocenters. The van der Waals surface area contributed by atoms with Crippen LogP contribution >= 0.6 is 23.2 Å². The summed E-state index contributed by atoms with van der Waals surface area (Å²) in [4.78, 5) is 15.8. The molecule has 24 heavy (non-hydrogen) atoms. The van der Waals surface area contributed by atoms with Crippen LogP contribution in [0.5, 0.6) is 0 Å². The third-order valence-corrected chi connectivity index (χ3v) is 4.05. The highest BCUT2D eigenvalue weighted by molar-refractivity contribution is 6.36. The number of carbonyl (C=O) groups excluding carboxylic acids is 1. The van der Waals surface area contributed by atoms with E-state index in [9.17, 15) is 18.0 Å². The van der Waals surface area contributed by atoms with E-state index < -0.39 is 17.7 Å². The molecule has 128 valence electrons. The van der Waals surface area contributed by atoms with Gasteiger partial charge in [0.2, 0.25) is 0 Å². The van der Waals surface area contributed by atoms with Gasteiger partial charge in [-0.15, -0.1) is 0 Å². The number of alkyl halides is 3. The SMILES string of the molecule is COC(=O)c1nc(-c2ccc(C(F)(F)F)cc2Cl)c(C)c(N)c1Cl. The van der Waals surface area contributed by atoms with Crippen LogP contribution in [0, 0.1) is 6.92 Å². The molecule has 0 unspecified atom stereocenters. The first-order chi connectivity index (χ1) is 11.1. The van der Waals surface area contributed by atoms with Crippen molar-refractivity contribution in [1.29, 1.82) is 0 Å². The maximum Gasteiger partial charge on any atom is 0.416 e. The van der Waals surface area contributed by atoms with E-state index in [0.717, 1.165) is 25.3 Å². The van der Waals surface area contributed by atoms with E-state index >= 15 is 0 Å². The summed E-state index contributed by atoms with van der Waals surface area (Å²) in [7, 11) is 1.14. The normalized spacial score (nSPS) is 11.5. The van der Waals surface area contributed by atoms with Crippen molar-refractivity contribution in [3.05, 3.63) is 45.1 Å². The molecule has 0 aliphatic heterocycles. The first-order valence-corrected chi connectivity index (χ1v) is 7.24. The van der Waals surface area contributed by atoms with Crippen LogP contribution in [0.3, 0.4) is 0 Å². The molecular formula is C15H11Cl2F3N2O2. The number of halogens is 5. The highest BCUT2D eigenvalue weighted by Crippen LogP contribution is 2.38. The largest absolute Gasteiger partial charge is 0.464 e. The first kappa shape index (κ1) is 18.4. The highest BCUT2D eigenvalue weighted by atomic mass is 35.5. The second-order valence-corrected chi connectivity index (χ2v) is 5.63. The van der Waals surface area contributed by atoms with Gasteiger partial charge in [-0.1, -0.05) is 29.3 Å². The Morgan fingerprint density at radius 1 is 1.29 bits per heavy atom. The van der Waals surface area contributed by atoms with Crippen molar-refractivity contribution in [2.45, 2.75) is 13.1 Å². The van der Waals surface area contributed by atoms with Gasteiger partial charge in [0.15, 0.2) is 5.69 Å². The number of rotatable bonds is 2. The van der Waals surface area contributed by atoms with Gasteiger partial charge in [0, 0.05) is 5.56 Å². The van der Waals surface area contributed by atoms with E-state index in [2.05, 4.69) is 9.72 Å². The smallest absolute Gasteiger partial charge is 0.416 e. The summed E-state index contributed by atoms with van der Waals surface area (Å²) in [5.74, 6) is -0.823. The number of aromatic nitrogens is 1. The third kappa shape index (κ3) is 3.27. The number of hydrogen-bond acceptors (Lipinski definition) is 4. The van der Waals surface area contributed by atoms with Gasteiger partial charge in [-0.3, -0.25) is 0 Å². The average Bonchev–Trinajstić information content (AvgIpc) is 2.52. The summed E-state index contributed by atoms with van der Waals surface area (Å²) in [6, 6.07) is 2.81. The number of anilines is 1. The lowest BCUT2D eigenvalue weighted by atomic mass is 10.0. The molecule has 2 N–H and O–H groups in total. The molecule has 0 fully saturated rings. The van der Waals surface area contributed by atoms with E-state index in [1.165, 1.54) is 0 Å². The Morgan fingerprint density at radius 2 is 1.92 bits per heavy atom. The lowest BCUT2D eigenvalue weighted by Gasteiger charge is -2.15. The van der Waals surface area contributed by atoms with E-state index in [-0.39, 0.29) is 32.7 Å². The fraction of sp³-hybridized carbons (Fsp3) is 0.200. The maximum atomic E-state index is 12.7. The van der Waals surface area contributed by atoms with Crippen LogP contribution in [0.2, 0.25) is 10.0 Å². The summed E-state index contributed by atoms with van der Waals surface area (Å²) in [6.07, 6.45) is -4.53. The van der Waals surface area contributed by atoms with E-state index in [0.29, 0.717) is 5.56 Å². The van der Waals surface area contributed by atoms with Crippen molar-refractivity contribution in [3.8, 4) is 11.3 Å². The standard InChI is InChI=1S/C15H11Cl2F3N2O2/c1-6-11(21)10(17)13(14(23)24-2)22-12(6)8-4-3-7(5-9(8)16)15(18,19)20/h3-5H,1-2H3,(H2,21,22). The van der Waals surface area contributed by atoms with Crippen LogP contribution in [0.1, 0.15) is 21.6 Å². The summed E-state index contributed by atoms with van der Waals surface area (Å²) in [6.45, 7) is 1.57. The number of nitrogens with zero attached hydrogens (tertiary/aromatic N) is 1. The number of nitrogens with two attached hydrogens (primary N) is 1. The number of carbonyl (C=O) groups is 1. The predicted molar refractivity (Wildman–Crippen MR) is 85.2 cm³/mol. The Balaban J connectivity index is 2.69. The van der Waals surface area contributed by atoms with Crippen LogP contribution in [0.15, 0.2) is 18.2 Å². The number of ether oxygens (including phenoxy) is 1. The molecule has 4 nitrogen and oxygen atoms in total. The molecule has 0 bridgehead atoms. The van der Waals surface area contributed by atoms with Gasteiger partial charge in [0.1, 0.15) is 0 Å². The van der Waals surface area contributed by atoms with Crippen LogP contribution in [0.4, 0.5) is 18.9 Å². The van der Waals surface area contributed by atoms with E-state index in [1.807, 2.05) is 0 Å². The number of benzene rings is 1. The molecular weight excluding hydrogens is 368 g/mol. The van der Waals surface area contributed by atoms with Crippen LogP contribution in [-0.2, 0) is 10.9 Å². The molecule has 2 aromatic rings. The molecule has 0 spiro atoms. The minimum Gasteiger partial charge on any atom is -0.464 e. The Labute approximate surface area is 145 Å². The Hall–Kier alpha value is -1.99. The van der Waals surface area contributed by atoms with E-state index in [1.54, 1.807) is 6.92 Å². The summed E-state index contributed by atoms with van der Waals surface area (Å²) < 4.78 is 42.8. The number of esters is 1. The zero-order valence-electron chi connectivity index (χ0n) is 12.5. The third-order valence-electron chi connectivity index (χ3n) is 3.36. The summed E-state index contributed by atoms with van der Waals surface area (Å²) >= 11 is 12.0. The number of pyridine rings is 1. The van der Waals surface area contributed by atoms with Crippen molar-refractivity contribution in [2.24, 2.45) is 0 Å². The second kappa shape index (κ2) is 6.49. The van der Waals surface area contributed by atoms with Crippen LogP contribution in [-0.4, -0.2) is 18.1 Å². The van der Waals surface area contributed by atoms with Gasteiger partial charge in [-0.2, -0.15) is 13.2 Å². The Bertz CT molecular complexity index is 823. The Morgan fingerprint density at radius 3 is 2.42 bits per heavy atom. The molecule has 1 aromatic heterocycles. The number of nitrogen functional groups attached to an aromatic ring is 1. The van der Waals surface area contributed by atoms with Gasteiger partial charge < -0.3 is 10.5 Å². The molecule has 0 radical (unpaired) electrons. The lowest BCUT2D eigenvalue weighted by molar-refractivity contribution is -0.137. The zero-order chi connectivity index (χ0) is 18.2. The van der Waals surface area contributed by atoms with Crippen molar-refractivity contribution < 1.29 is 22.7 Å². The quantitative estimate of drug-likeness (QED) is 0.765. The zero-order valence-corrected chi connectivity index (χ0v) is 14.0. The minimum absolute atomic E-state index is 0.0676. The minimum atomic E-state index is -4.53. The van der Waals surface area contributed by atoms with Gasteiger partial charge in [-0.05, 0) is 24.6 Å². The van der Waals surface area contributed by atoms with Crippen molar-refractivity contribution in [1.82, 2.24) is 4.98 Å². The van der Waals surface area contributed by atoms with Crippen molar-refractivity contribution in [2.75, 3.05) is 12.8 Å². The molecule has 1 heterocycles. The first-order valence-electron chi connectivity index (χ1n) is 6.49. The molecule has 0 saturated carbocycles. The Kier molecular flexibility index (Phi) is 4.96. The highest BCUT2D eigenvalue weighted by Gasteiger charge is 2.31. The monoisotopic (exact) mass is 378 g/mol. The van der Waals surface area contributed by atoms with Gasteiger partial charge in [-0.25, -0.2) is 9.78 Å². The van der Waals surface area contributed by atoms with Crippen molar-refractivity contribution in [3.63, 3.8) is 0 Å². The van der Waals surface area contributed by atoms with Gasteiger partial charge in [0.05, 0.1) is 34.1 Å². The molecule has 2 rings (SSSR count). The lowest BCUT2D eigenvalue weighted by Crippen LogP contribution is -2.10. The number of methoxy groups -OCH3 is 1. The predicted octanol–water partition coefficient (Wildman–Crippen LogP) is 4.75. The summed E-state index contributed by atoms with van der Waals surface area (Å²) in [5.41, 5.74) is 5.51. The van der Waals surface area contributed by atoms with Crippen molar-refractivity contribution >= 4 is 34.9 Å². The second-order valence-electron chi connectivity index (χ2n) is 4.85. The molecule has 1 aromatic carbocycles. The van der Waals surface area contributed by atoms with E-state index in [4.69, 9.17) is 28.9 Å².